The Morgan fingerprint density at radius 2 is 1.95 bits per heavy atom. The van der Waals surface area contributed by atoms with Crippen molar-refractivity contribution in [2.24, 2.45) is 13.0 Å². The number of nitrogens with zero attached hydrogens (tertiary/aromatic N) is 3. The highest BCUT2D eigenvalue weighted by Crippen LogP contribution is 2.38. The number of hydrogen-bond donors (Lipinski definition) is 0. The number of alkyl halides is 3. The molecule has 0 bridgehead atoms. The summed E-state index contributed by atoms with van der Waals surface area (Å²) < 4.78 is 54.6. The molecule has 0 N–H and O–H groups in total. The maximum atomic E-state index is 15.0. The number of hydrogen-bond acceptors (Lipinski definition) is 3. The SMILES string of the molecule is CN1CCC(C(C)(F)S(=O)c2cn(C)nc2C(F)F)CC1. The lowest BCUT2D eigenvalue weighted by Gasteiger charge is -2.35. The monoisotopic (exact) mass is 323 g/mol. The van der Waals surface area contributed by atoms with E-state index < -0.39 is 33.8 Å². The van der Waals surface area contributed by atoms with Crippen molar-refractivity contribution in [1.82, 2.24) is 14.7 Å². The van der Waals surface area contributed by atoms with Crippen LogP contribution < -0.4 is 0 Å². The van der Waals surface area contributed by atoms with E-state index in [2.05, 4.69) is 10.00 Å². The van der Waals surface area contributed by atoms with Crippen LogP contribution in [-0.2, 0) is 17.8 Å². The Kier molecular flexibility index (Phi) is 4.77. The van der Waals surface area contributed by atoms with Gasteiger partial charge in [-0.25, -0.2) is 13.2 Å². The first-order valence-electron chi connectivity index (χ1n) is 6.84. The van der Waals surface area contributed by atoms with Gasteiger partial charge in [0.05, 0.1) is 15.7 Å². The van der Waals surface area contributed by atoms with Crippen LogP contribution in [0.5, 0.6) is 0 Å². The molecule has 120 valence electrons. The fraction of sp³-hybridized carbons (Fsp3) is 0.769. The van der Waals surface area contributed by atoms with E-state index in [1.807, 2.05) is 7.05 Å². The highest BCUT2D eigenvalue weighted by Gasteiger charge is 2.44. The molecule has 21 heavy (non-hydrogen) atoms. The number of likely N-dealkylation sites (tertiary alicyclic amines) is 1. The minimum absolute atomic E-state index is 0.198. The van der Waals surface area contributed by atoms with Crippen molar-refractivity contribution in [3.05, 3.63) is 11.9 Å². The molecule has 1 aromatic rings. The van der Waals surface area contributed by atoms with Crippen molar-refractivity contribution >= 4 is 10.8 Å². The molecular weight excluding hydrogens is 303 g/mol. The molecule has 0 radical (unpaired) electrons. The first kappa shape index (κ1) is 16.5. The van der Waals surface area contributed by atoms with E-state index in [9.17, 15) is 13.0 Å². The molecule has 1 aliphatic heterocycles. The molecule has 2 atom stereocenters. The summed E-state index contributed by atoms with van der Waals surface area (Å²) in [5, 5.41) is 1.57. The van der Waals surface area contributed by atoms with Gasteiger partial charge in [0.1, 0.15) is 5.69 Å². The van der Waals surface area contributed by atoms with Crippen molar-refractivity contribution in [2.75, 3.05) is 20.1 Å². The lowest BCUT2D eigenvalue weighted by atomic mass is 9.93. The number of aromatic nitrogens is 2. The third-order valence-corrected chi connectivity index (χ3v) is 5.81. The molecule has 2 rings (SSSR count). The van der Waals surface area contributed by atoms with Crippen LogP contribution in [0.1, 0.15) is 31.9 Å². The van der Waals surface area contributed by atoms with Crippen molar-refractivity contribution in [1.29, 1.82) is 0 Å². The molecular formula is C13H20F3N3OS. The van der Waals surface area contributed by atoms with Crippen molar-refractivity contribution in [2.45, 2.75) is 36.1 Å². The van der Waals surface area contributed by atoms with Crippen LogP contribution in [0.3, 0.4) is 0 Å². The summed E-state index contributed by atoms with van der Waals surface area (Å²) in [5.41, 5.74) is -0.590. The second-order valence-corrected chi connectivity index (χ2v) is 7.46. The van der Waals surface area contributed by atoms with E-state index >= 15 is 4.39 Å². The second-order valence-electron chi connectivity index (χ2n) is 5.69. The van der Waals surface area contributed by atoms with Crippen molar-refractivity contribution in [3.63, 3.8) is 0 Å². The van der Waals surface area contributed by atoms with Crippen LogP contribution in [0, 0.1) is 5.92 Å². The Hall–Kier alpha value is -0.890. The minimum atomic E-state index is -2.86. The Morgan fingerprint density at radius 1 is 1.38 bits per heavy atom. The molecule has 1 aromatic heterocycles. The van der Waals surface area contributed by atoms with E-state index in [4.69, 9.17) is 0 Å². The number of rotatable bonds is 4. The predicted molar refractivity (Wildman–Crippen MR) is 74.3 cm³/mol. The van der Waals surface area contributed by atoms with Gasteiger partial charge in [-0.2, -0.15) is 5.10 Å². The summed E-state index contributed by atoms with van der Waals surface area (Å²) in [4.78, 5) is 1.88. The van der Waals surface area contributed by atoms with E-state index in [-0.39, 0.29) is 4.90 Å². The fourth-order valence-corrected chi connectivity index (χ4v) is 4.21. The zero-order chi connectivity index (χ0) is 15.8. The molecule has 2 heterocycles. The zero-order valence-electron chi connectivity index (χ0n) is 12.4. The molecule has 1 aliphatic rings. The molecule has 8 heteroatoms. The van der Waals surface area contributed by atoms with Gasteiger partial charge in [0, 0.05) is 19.2 Å². The summed E-state index contributed by atoms with van der Waals surface area (Å²) in [5.74, 6) is -0.403. The molecule has 0 aromatic carbocycles. The average Bonchev–Trinajstić information content (AvgIpc) is 2.80. The fourth-order valence-electron chi connectivity index (χ4n) is 2.67. The minimum Gasteiger partial charge on any atom is -0.306 e. The number of halogens is 3. The lowest BCUT2D eigenvalue weighted by molar-refractivity contribution is 0.120. The highest BCUT2D eigenvalue weighted by molar-refractivity contribution is 7.86. The molecule has 4 nitrogen and oxygen atoms in total. The molecule has 1 fully saturated rings. The third-order valence-electron chi connectivity index (χ3n) is 4.04. The van der Waals surface area contributed by atoms with Gasteiger partial charge in [0.2, 0.25) is 0 Å². The van der Waals surface area contributed by atoms with Gasteiger partial charge in [0.15, 0.2) is 5.00 Å². The highest BCUT2D eigenvalue weighted by atomic mass is 32.2. The number of aryl methyl sites for hydroxylation is 1. The van der Waals surface area contributed by atoms with Crippen LogP contribution in [0.2, 0.25) is 0 Å². The summed E-state index contributed by atoms with van der Waals surface area (Å²) in [6.45, 7) is 2.69. The summed E-state index contributed by atoms with van der Waals surface area (Å²) in [6.07, 6.45) is -0.498. The van der Waals surface area contributed by atoms with E-state index in [0.29, 0.717) is 12.8 Å². The van der Waals surface area contributed by atoms with Gasteiger partial charge in [-0.05, 0) is 39.9 Å². The topological polar surface area (TPSA) is 38.1 Å². The third kappa shape index (κ3) is 3.31. The quantitative estimate of drug-likeness (QED) is 0.854. The van der Waals surface area contributed by atoms with E-state index in [1.54, 1.807) is 0 Å². The van der Waals surface area contributed by atoms with Crippen LogP contribution in [0.15, 0.2) is 11.1 Å². The van der Waals surface area contributed by atoms with Crippen LogP contribution in [0.4, 0.5) is 13.2 Å². The molecule has 0 spiro atoms. The Bertz CT molecular complexity index is 525. The van der Waals surface area contributed by atoms with Gasteiger partial charge < -0.3 is 4.90 Å². The summed E-state index contributed by atoms with van der Waals surface area (Å²) in [6, 6.07) is 0. The lowest BCUT2D eigenvalue weighted by Crippen LogP contribution is -2.42. The van der Waals surface area contributed by atoms with Crippen LogP contribution in [0.25, 0.3) is 0 Å². The Morgan fingerprint density at radius 3 is 2.48 bits per heavy atom. The number of piperidine rings is 1. The standard InChI is InChI=1S/C13H20F3N3OS/c1-13(16,9-4-6-18(2)7-5-9)21(20)10-8-19(3)17-11(10)12(14)15/h8-9,12H,4-7H2,1-3H3. The van der Waals surface area contributed by atoms with E-state index in [1.165, 1.54) is 20.2 Å². The van der Waals surface area contributed by atoms with Gasteiger partial charge in [-0.15, -0.1) is 0 Å². The smallest absolute Gasteiger partial charge is 0.283 e. The molecule has 1 saturated heterocycles. The van der Waals surface area contributed by atoms with Gasteiger partial charge in [0.25, 0.3) is 6.43 Å². The van der Waals surface area contributed by atoms with E-state index in [0.717, 1.165) is 17.8 Å². The maximum Gasteiger partial charge on any atom is 0.283 e. The average molecular weight is 323 g/mol. The maximum absolute atomic E-state index is 15.0. The zero-order valence-corrected chi connectivity index (χ0v) is 13.2. The Labute approximate surface area is 124 Å². The first-order valence-corrected chi connectivity index (χ1v) is 7.99. The second kappa shape index (κ2) is 6.08. The van der Waals surface area contributed by atoms with Crippen molar-refractivity contribution < 1.29 is 17.4 Å². The molecule has 0 amide bonds. The van der Waals surface area contributed by atoms with Gasteiger partial charge >= 0.3 is 0 Å². The molecule has 0 saturated carbocycles. The van der Waals surface area contributed by atoms with Gasteiger partial charge in [-0.3, -0.25) is 8.89 Å². The van der Waals surface area contributed by atoms with Gasteiger partial charge in [-0.1, -0.05) is 0 Å². The first-order chi connectivity index (χ1) is 9.73. The summed E-state index contributed by atoms with van der Waals surface area (Å²) >= 11 is 0. The molecule has 2 unspecified atom stereocenters. The Balaban J connectivity index is 2.26. The van der Waals surface area contributed by atoms with Crippen LogP contribution >= 0.6 is 0 Å². The molecule has 0 aliphatic carbocycles. The largest absolute Gasteiger partial charge is 0.306 e. The summed E-state index contributed by atoms with van der Waals surface area (Å²) in [7, 11) is 1.24. The predicted octanol–water partition coefficient (Wildman–Crippen LogP) is 2.49. The normalized spacial score (nSPS) is 22.4. The van der Waals surface area contributed by atoms with Crippen molar-refractivity contribution in [3.8, 4) is 0 Å². The van der Waals surface area contributed by atoms with Crippen LogP contribution in [-0.4, -0.2) is 44.0 Å².